The Kier molecular flexibility index (Phi) is 4.81. The summed E-state index contributed by atoms with van der Waals surface area (Å²) >= 11 is 5.67. The number of benzene rings is 1. The van der Waals surface area contributed by atoms with Crippen LogP contribution in [-0.2, 0) is 10.0 Å². The molecule has 1 aromatic rings. The predicted molar refractivity (Wildman–Crippen MR) is 75.7 cm³/mol. The van der Waals surface area contributed by atoms with E-state index in [4.69, 9.17) is 11.6 Å². The summed E-state index contributed by atoms with van der Waals surface area (Å²) in [6.45, 7) is 7.51. The molecule has 18 heavy (non-hydrogen) atoms. The van der Waals surface area contributed by atoms with Crippen LogP contribution in [0.15, 0.2) is 23.1 Å². The van der Waals surface area contributed by atoms with E-state index < -0.39 is 15.6 Å². The molecule has 0 aromatic heterocycles. The van der Waals surface area contributed by atoms with Gasteiger partial charge in [0.2, 0.25) is 10.0 Å². The van der Waals surface area contributed by atoms with Crippen LogP contribution in [0.1, 0.15) is 31.4 Å². The lowest BCUT2D eigenvalue weighted by molar-refractivity contribution is 0.441. The van der Waals surface area contributed by atoms with E-state index in [1.54, 1.807) is 12.1 Å². The number of hydrogen-bond acceptors (Lipinski definition) is 2. The summed E-state index contributed by atoms with van der Waals surface area (Å²) in [6.07, 6.45) is 0.582. The van der Waals surface area contributed by atoms with Gasteiger partial charge >= 0.3 is 0 Å². The molecule has 0 amide bonds. The van der Waals surface area contributed by atoms with Crippen molar-refractivity contribution in [1.82, 2.24) is 4.72 Å². The minimum Gasteiger partial charge on any atom is -0.207 e. The molecule has 102 valence electrons. The third-order valence-corrected chi connectivity index (χ3v) is 4.80. The summed E-state index contributed by atoms with van der Waals surface area (Å²) < 4.78 is 27.1. The SMILES string of the molecule is Cc1ccc(S(=O)(=O)NC(C)(C)CCCl)cc1C. The van der Waals surface area contributed by atoms with E-state index in [1.807, 2.05) is 33.8 Å². The maximum absolute atomic E-state index is 12.2. The normalized spacial score (nSPS) is 12.7. The Morgan fingerprint density at radius 2 is 1.83 bits per heavy atom. The van der Waals surface area contributed by atoms with Gasteiger partial charge in [-0.25, -0.2) is 13.1 Å². The first kappa shape index (κ1) is 15.5. The van der Waals surface area contributed by atoms with Crippen LogP contribution in [0.2, 0.25) is 0 Å². The Labute approximate surface area is 115 Å². The molecule has 0 unspecified atom stereocenters. The highest BCUT2D eigenvalue weighted by molar-refractivity contribution is 7.89. The Hall–Kier alpha value is -0.580. The highest BCUT2D eigenvalue weighted by Gasteiger charge is 2.25. The van der Waals surface area contributed by atoms with Crippen LogP contribution in [0.3, 0.4) is 0 Å². The number of halogens is 1. The molecule has 0 saturated heterocycles. The predicted octanol–water partition coefficient (Wildman–Crippen LogP) is 2.99. The lowest BCUT2D eigenvalue weighted by Gasteiger charge is -2.25. The highest BCUT2D eigenvalue weighted by Crippen LogP contribution is 2.18. The second-order valence-corrected chi connectivity index (χ2v) is 7.23. The van der Waals surface area contributed by atoms with Crippen molar-refractivity contribution in [1.29, 1.82) is 0 Å². The van der Waals surface area contributed by atoms with E-state index in [2.05, 4.69) is 4.72 Å². The molecule has 0 saturated carbocycles. The zero-order valence-corrected chi connectivity index (χ0v) is 12.8. The molecule has 0 fully saturated rings. The lowest BCUT2D eigenvalue weighted by atomic mass is 10.0. The third-order valence-electron chi connectivity index (χ3n) is 2.92. The molecule has 0 bridgehead atoms. The van der Waals surface area contributed by atoms with Gasteiger partial charge in [-0.1, -0.05) is 6.07 Å². The van der Waals surface area contributed by atoms with Crippen molar-refractivity contribution in [3.63, 3.8) is 0 Å². The van der Waals surface area contributed by atoms with Crippen LogP contribution >= 0.6 is 11.6 Å². The molecule has 0 aliphatic rings. The molecule has 0 heterocycles. The highest BCUT2D eigenvalue weighted by atomic mass is 35.5. The van der Waals surface area contributed by atoms with Crippen molar-refractivity contribution in [3.8, 4) is 0 Å². The molecule has 1 N–H and O–H groups in total. The second kappa shape index (κ2) is 5.59. The molecule has 1 rings (SSSR count). The fourth-order valence-corrected chi connectivity index (χ4v) is 3.59. The fourth-order valence-electron chi connectivity index (χ4n) is 1.59. The quantitative estimate of drug-likeness (QED) is 0.847. The Bertz CT molecular complexity index is 524. The van der Waals surface area contributed by atoms with E-state index in [0.29, 0.717) is 17.2 Å². The standard InChI is InChI=1S/C13H20ClNO2S/c1-10-5-6-12(9-11(10)2)18(16,17)15-13(3,4)7-8-14/h5-6,9,15H,7-8H2,1-4H3. The number of aryl methyl sites for hydroxylation is 2. The summed E-state index contributed by atoms with van der Waals surface area (Å²) in [6, 6.07) is 5.13. The largest absolute Gasteiger partial charge is 0.241 e. The first-order chi connectivity index (χ1) is 8.18. The van der Waals surface area contributed by atoms with E-state index in [-0.39, 0.29) is 0 Å². The van der Waals surface area contributed by atoms with Crippen LogP contribution in [-0.4, -0.2) is 19.8 Å². The van der Waals surface area contributed by atoms with E-state index in [0.717, 1.165) is 11.1 Å². The molecule has 3 nitrogen and oxygen atoms in total. The van der Waals surface area contributed by atoms with Gasteiger partial charge in [-0.05, 0) is 57.4 Å². The second-order valence-electron chi connectivity index (χ2n) is 5.17. The summed E-state index contributed by atoms with van der Waals surface area (Å²) in [5.41, 5.74) is 1.50. The summed E-state index contributed by atoms with van der Waals surface area (Å²) in [4.78, 5) is 0.299. The van der Waals surface area contributed by atoms with Gasteiger partial charge in [0.1, 0.15) is 0 Å². The smallest absolute Gasteiger partial charge is 0.207 e. The van der Waals surface area contributed by atoms with Gasteiger partial charge in [0.25, 0.3) is 0 Å². The van der Waals surface area contributed by atoms with Crippen LogP contribution in [0.5, 0.6) is 0 Å². The maximum Gasteiger partial charge on any atom is 0.241 e. The minimum absolute atomic E-state index is 0.299. The molecule has 0 spiro atoms. The Morgan fingerprint density at radius 3 is 2.33 bits per heavy atom. The molecular formula is C13H20ClNO2S. The molecular weight excluding hydrogens is 270 g/mol. The summed E-state index contributed by atoms with van der Waals surface area (Å²) in [5, 5.41) is 0. The monoisotopic (exact) mass is 289 g/mol. The van der Waals surface area contributed by atoms with Crippen molar-refractivity contribution in [3.05, 3.63) is 29.3 Å². The molecule has 1 aromatic carbocycles. The average molecular weight is 290 g/mol. The van der Waals surface area contributed by atoms with Crippen molar-refractivity contribution >= 4 is 21.6 Å². The molecule has 0 aliphatic heterocycles. The van der Waals surface area contributed by atoms with Gasteiger partial charge in [0, 0.05) is 11.4 Å². The molecule has 0 atom stereocenters. The number of alkyl halides is 1. The molecule has 5 heteroatoms. The van der Waals surface area contributed by atoms with E-state index in [1.165, 1.54) is 0 Å². The average Bonchev–Trinajstić information content (AvgIpc) is 2.20. The molecule has 0 aliphatic carbocycles. The van der Waals surface area contributed by atoms with Gasteiger partial charge in [-0.2, -0.15) is 0 Å². The summed E-state index contributed by atoms with van der Waals surface area (Å²) in [7, 11) is -3.49. The summed E-state index contributed by atoms with van der Waals surface area (Å²) in [5.74, 6) is 0.419. The van der Waals surface area contributed by atoms with Crippen LogP contribution < -0.4 is 4.72 Å². The molecule has 0 radical (unpaired) electrons. The Balaban J connectivity index is 3.03. The first-order valence-electron chi connectivity index (χ1n) is 5.85. The number of nitrogens with one attached hydrogen (secondary N) is 1. The van der Waals surface area contributed by atoms with Gasteiger partial charge in [-0.3, -0.25) is 0 Å². The topological polar surface area (TPSA) is 46.2 Å². The zero-order valence-electron chi connectivity index (χ0n) is 11.2. The zero-order chi connectivity index (χ0) is 14.0. The maximum atomic E-state index is 12.2. The Morgan fingerprint density at radius 1 is 1.22 bits per heavy atom. The van der Waals surface area contributed by atoms with Crippen LogP contribution in [0.4, 0.5) is 0 Å². The number of rotatable bonds is 5. The third kappa shape index (κ3) is 3.97. The number of hydrogen-bond donors (Lipinski definition) is 1. The van der Waals surface area contributed by atoms with Crippen molar-refractivity contribution in [2.24, 2.45) is 0 Å². The minimum atomic E-state index is -3.49. The van der Waals surface area contributed by atoms with Gasteiger partial charge in [0.05, 0.1) is 4.90 Å². The van der Waals surface area contributed by atoms with Gasteiger partial charge in [0.15, 0.2) is 0 Å². The van der Waals surface area contributed by atoms with E-state index in [9.17, 15) is 8.42 Å². The lowest BCUT2D eigenvalue weighted by Crippen LogP contribution is -2.43. The number of sulfonamides is 1. The van der Waals surface area contributed by atoms with Gasteiger partial charge in [-0.15, -0.1) is 11.6 Å². The van der Waals surface area contributed by atoms with E-state index >= 15 is 0 Å². The van der Waals surface area contributed by atoms with Gasteiger partial charge < -0.3 is 0 Å². The fraction of sp³-hybridized carbons (Fsp3) is 0.538. The first-order valence-corrected chi connectivity index (χ1v) is 7.87. The van der Waals surface area contributed by atoms with Crippen molar-refractivity contribution in [2.75, 3.05) is 5.88 Å². The van der Waals surface area contributed by atoms with Crippen molar-refractivity contribution in [2.45, 2.75) is 44.6 Å². The van der Waals surface area contributed by atoms with Crippen LogP contribution in [0.25, 0.3) is 0 Å². The van der Waals surface area contributed by atoms with Crippen molar-refractivity contribution < 1.29 is 8.42 Å². The van der Waals surface area contributed by atoms with Crippen LogP contribution in [0, 0.1) is 13.8 Å².